The summed E-state index contributed by atoms with van der Waals surface area (Å²) in [7, 11) is 0. The summed E-state index contributed by atoms with van der Waals surface area (Å²) in [5.41, 5.74) is -0.0912. The molecule has 1 aromatic heterocycles. The summed E-state index contributed by atoms with van der Waals surface area (Å²) in [6.45, 7) is 11.0. The lowest BCUT2D eigenvalue weighted by Crippen LogP contribution is -2.19. The zero-order chi connectivity index (χ0) is 15.7. The van der Waals surface area contributed by atoms with Crippen molar-refractivity contribution in [3.05, 3.63) is 11.9 Å². The third-order valence-corrected chi connectivity index (χ3v) is 2.76. The van der Waals surface area contributed by atoms with E-state index < -0.39 is 0 Å². The molecule has 1 heterocycles. The minimum absolute atomic E-state index is 0.0698. The van der Waals surface area contributed by atoms with Gasteiger partial charge in [0.2, 0.25) is 0 Å². The Morgan fingerprint density at radius 3 is 2.38 bits per heavy atom. The molecule has 6 heteroatoms. The first-order valence-corrected chi connectivity index (χ1v) is 7.53. The smallest absolute Gasteiger partial charge is 0.138 e. The molecule has 0 unspecified atom stereocenters. The predicted molar refractivity (Wildman–Crippen MR) is 85.9 cm³/mol. The van der Waals surface area contributed by atoms with Gasteiger partial charge in [-0.25, -0.2) is 9.97 Å². The highest BCUT2D eigenvalue weighted by atomic mass is 16.5. The molecule has 0 bridgehead atoms. The summed E-state index contributed by atoms with van der Waals surface area (Å²) in [6.07, 6.45) is 0.866. The molecule has 0 aliphatic heterocycles. The van der Waals surface area contributed by atoms with E-state index in [9.17, 15) is 0 Å². The summed E-state index contributed by atoms with van der Waals surface area (Å²) in [5, 5.41) is 15.2. The molecule has 0 spiro atoms. The quantitative estimate of drug-likeness (QED) is 0.605. The maximum absolute atomic E-state index is 8.62. The number of anilines is 2. The van der Waals surface area contributed by atoms with Crippen molar-refractivity contribution in [3.63, 3.8) is 0 Å². The Balaban J connectivity index is 2.61. The molecule has 0 aliphatic rings. The molecule has 0 radical (unpaired) electrons. The van der Waals surface area contributed by atoms with Crippen molar-refractivity contribution in [2.24, 2.45) is 0 Å². The fraction of sp³-hybridized carbons (Fsp3) is 0.733. The van der Waals surface area contributed by atoms with Gasteiger partial charge in [0, 0.05) is 31.2 Å². The topological polar surface area (TPSA) is 79.3 Å². The highest BCUT2D eigenvalue weighted by Crippen LogP contribution is 2.22. The molecule has 0 saturated heterocycles. The molecule has 21 heavy (non-hydrogen) atoms. The lowest BCUT2D eigenvalue weighted by Gasteiger charge is -2.19. The molecule has 6 nitrogen and oxygen atoms in total. The van der Waals surface area contributed by atoms with Crippen molar-refractivity contribution < 1.29 is 9.84 Å². The molecule has 120 valence electrons. The number of ether oxygens (including phenoxy) is 1. The number of nitrogens with one attached hydrogen (secondary N) is 2. The average molecular weight is 296 g/mol. The van der Waals surface area contributed by atoms with Crippen molar-refractivity contribution in [1.29, 1.82) is 0 Å². The van der Waals surface area contributed by atoms with Gasteiger partial charge in [0.25, 0.3) is 0 Å². The molecular weight excluding hydrogens is 268 g/mol. The van der Waals surface area contributed by atoms with Crippen LogP contribution in [0.15, 0.2) is 6.07 Å². The fourth-order valence-corrected chi connectivity index (χ4v) is 1.70. The highest BCUT2D eigenvalue weighted by Gasteiger charge is 2.19. The van der Waals surface area contributed by atoms with Crippen LogP contribution in [0.4, 0.5) is 11.6 Å². The van der Waals surface area contributed by atoms with Crippen LogP contribution in [0.2, 0.25) is 0 Å². The van der Waals surface area contributed by atoms with Crippen LogP contribution in [0, 0.1) is 0 Å². The second kappa shape index (κ2) is 8.79. The molecule has 1 rings (SSSR count). The van der Waals surface area contributed by atoms with Gasteiger partial charge in [-0.05, 0) is 13.3 Å². The number of nitrogens with zero attached hydrogens (tertiary/aromatic N) is 2. The van der Waals surface area contributed by atoms with Gasteiger partial charge in [-0.1, -0.05) is 20.8 Å². The van der Waals surface area contributed by atoms with E-state index in [-0.39, 0.29) is 12.0 Å². The lowest BCUT2D eigenvalue weighted by molar-refractivity contribution is 0.0922. The Kier molecular flexibility index (Phi) is 7.39. The molecule has 0 atom stereocenters. The largest absolute Gasteiger partial charge is 0.394 e. The number of aromatic nitrogens is 2. The Morgan fingerprint density at radius 2 is 1.81 bits per heavy atom. The third-order valence-electron chi connectivity index (χ3n) is 2.76. The first kappa shape index (κ1) is 17.7. The SMILES string of the molecule is CCNc1cc(NCCCOCCO)nc(C(C)(C)C)n1. The molecule has 3 N–H and O–H groups in total. The van der Waals surface area contributed by atoms with E-state index in [0.29, 0.717) is 13.2 Å². The van der Waals surface area contributed by atoms with Crippen molar-refractivity contribution >= 4 is 11.6 Å². The summed E-state index contributed by atoms with van der Waals surface area (Å²) >= 11 is 0. The first-order chi connectivity index (χ1) is 9.97. The standard InChI is InChI=1S/C15H28N4O2/c1-5-16-12-11-13(17-7-6-9-21-10-8-20)19-14(18-12)15(2,3)4/h11,20H,5-10H2,1-4H3,(H2,16,17,18,19). The third kappa shape index (κ3) is 6.73. The van der Waals surface area contributed by atoms with Crippen molar-refractivity contribution in [1.82, 2.24) is 9.97 Å². The van der Waals surface area contributed by atoms with E-state index in [1.807, 2.05) is 13.0 Å². The van der Waals surface area contributed by atoms with Crippen LogP contribution in [-0.2, 0) is 10.2 Å². The number of rotatable bonds is 9. The van der Waals surface area contributed by atoms with Gasteiger partial charge < -0.3 is 20.5 Å². The zero-order valence-electron chi connectivity index (χ0n) is 13.6. The summed E-state index contributed by atoms with van der Waals surface area (Å²) in [5.74, 6) is 2.49. The molecule has 0 aliphatic carbocycles. The predicted octanol–water partition coefficient (Wildman–Crippen LogP) is 2.02. The normalized spacial score (nSPS) is 11.5. The van der Waals surface area contributed by atoms with Crippen molar-refractivity contribution in [2.75, 3.05) is 43.5 Å². The summed E-state index contributed by atoms with van der Waals surface area (Å²) < 4.78 is 5.23. The average Bonchev–Trinajstić information content (AvgIpc) is 2.42. The number of hydrogen-bond donors (Lipinski definition) is 3. The van der Waals surface area contributed by atoms with Gasteiger partial charge in [0.15, 0.2) is 0 Å². The second-order valence-corrected chi connectivity index (χ2v) is 5.86. The summed E-state index contributed by atoms with van der Waals surface area (Å²) in [4.78, 5) is 9.13. The Bertz CT molecular complexity index is 419. The molecule has 0 amide bonds. The van der Waals surface area contributed by atoms with E-state index in [1.165, 1.54) is 0 Å². The minimum atomic E-state index is -0.0912. The molecule has 1 aromatic rings. The van der Waals surface area contributed by atoms with Gasteiger partial charge in [-0.15, -0.1) is 0 Å². The Hall–Kier alpha value is -1.40. The van der Waals surface area contributed by atoms with Gasteiger partial charge in [-0.3, -0.25) is 0 Å². The van der Waals surface area contributed by atoms with Crippen LogP contribution >= 0.6 is 0 Å². The van der Waals surface area contributed by atoms with E-state index in [0.717, 1.165) is 37.0 Å². The molecule has 0 saturated carbocycles. The van der Waals surface area contributed by atoms with Crippen LogP contribution < -0.4 is 10.6 Å². The monoisotopic (exact) mass is 296 g/mol. The van der Waals surface area contributed by atoms with Gasteiger partial charge in [-0.2, -0.15) is 0 Å². The molecule has 0 fully saturated rings. The summed E-state index contributed by atoms with van der Waals surface area (Å²) in [6, 6.07) is 1.92. The molecular formula is C15H28N4O2. The number of aliphatic hydroxyl groups is 1. The van der Waals surface area contributed by atoms with Crippen LogP contribution in [0.25, 0.3) is 0 Å². The second-order valence-electron chi connectivity index (χ2n) is 5.86. The maximum atomic E-state index is 8.62. The fourth-order valence-electron chi connectivity index (χ4n) is 1.70. The number of hydrogen-bond acceptors (Lipinski definition) is 6. The number of aliphatic hydroxyl groups excluding tert-OH is 1. The van der Waals surface area contributed by atoms with Crippen molar-refractivity contribution in [3.8, 4) is 0 Å². The van der Waals surface area contributed by atoms with Crippen LogP contribution in [0.3, 0.4) is 0 Å². The van der Waals surface area contributed by atoms with Crippen LogP contribution in [0.1, 0.15) is 39.9 Å². The van der Waals surface area contributed by atoms with E-state index >= 15 is 0 Å². The van der Waals surface area contributed by atoms with E-state index in [2.05, 4.69) is 41.4 Å². The minimum Gasteiger partial charge on any atom is -0.394 e. The zero-order valence-corrected chi connectivity index (χ0v) is 13.6. The van der Waals surface area contributed by atoms with Gasteiger partial charge in [0.05, 0.1) is 13.2 Å². The lowest BCUT2D eigenvalue weighted by atomic mass is 9.96. The highest BCUT2D eigenvalue weighted by molar-refractivity contribution is 5.48. The Morgan fingerprint density at radius 1 is 1.14 bits per heavy atom. The van der Waals surface area contributed by atoms with Crippen LogP contribution in [-0.4, -0.2) is 48.0 Å². The van der Waals surface area contributed by atoms with Gasteiger partial charge in [0.1, 0.15) is 17.5 Å². The van der Waals surface area contributed by atoms with Crippen molar-refractivity contribution in [2.45, 2.75) is 39.5 Å². The van der Waals surface area contributed by atoms with E-state index in [1.54, 1.807) is 0 Å². The first-order valence-electron chi connectivity index (χ1n) is 7.53. The van der Waals surface area contributed by atoms with Gasteiger partial charge >= 0.3 is 0 Å². The van der Waals surface area contributed by atoms with E-state index in [4.69, 9.17) is 9.84 Å². The Labute approximate surface area is 127 Å². The molecule has 0 aromatic carbocycles. The maximum Gasteiger partial charge on any atom is 0.138 e. The van der Waals surface area contributed by atoms with Crippen LogP contribution in [0.5, 0.6) is 0 Å².